The summed E-state index contributed by atoms with van der Waals surface area (Å²) in [5, 5.41) is 14.9. The Morgan fingerprint density at radius 3 is 2.66 bits per heavy atom. The second-order valence-corrected chi connectivity index (χ2v) is 6.37. The summed E-state index contributed by atoms with van der Waals surface area (Å²) in [6.07, 6.45) is 0. The van der Waals surface area contributed by atoms with Crippen LogP contribution in [0.15, 0.2) is 57.7 Å². The summed E-state index contributed by atoms with van der Waals surface area (Å²) in [6, 6.07) is 10.7. The van der Waals surface area contributed by atoms with Crippen molar-refractivity contribution in [1.29, 1.82) is 0 Å². The van der Waals surface area contributed by atoms with Gasteiger partial charge in [0.15, 0.2) is 0 Å². The number of likely N-dealkylation sites (N-methyl/N-ethyl adjacent to an activating group) is 1. The highest BCUT2D eigenvalue weighted by Crippen LogP contribution is 2.23. The Morgan fingerprint density at radius 1 is 1.31 bits per heavy atom. The molecule has 0 radical (unpaired) electrons. The molecule has 0 fully saturated rings. The first kappa shape index (κ1) is 19.9. The fourth-order valence-corrected chi connectivity index (χ4v) is 2.69. The predicted molar refractivity (Wildman–Crippen MR) is 100 cm³/mol. The number of hydrogen-bond acceptors (Lipinski definition) is 6. The van der Waals surface area contributed by atoms with E-state index < -0.39 is 28.4 Å². The smallest absolute Gasteiger partial charge is 0.388 e. The molecule has 0 saturated carbocycles. The average molecular weight is 400 g/mol. The van der Waals surface area contributed by atoms with Gasteiger partial charge in [-0.3, -0.25) is 14.9 Å². The highest BCUT2D eigenvalue weighted by molar-refractivity contribution is 5.76. The van der Waals surface area contributed by atoms with Crippen LogP contribution in [0.4, 0.5) is 10.1 Å². The monoisotopic (exact) mass is 400 g/mol. The van der Waals surface area contributed by atoms with Crippen LogP contribution < -0.4 is 5.76 Å². The van der Waals surface area contributed by atoms with Crippen molar-refractivity contribution in [1.82, 2.24) is 14.7 Å². The molecule has 0 aliphatic carbocycles. The molecule has 0 spiro atoms. The Hall–Kier alpha value is -3.82. The van der Waals surface area contributed by atoms with Gasteiger partial charge in [-0.25, -0.2) is 9.18 Å². The minimum absolute atomic E-state index is 0.0304. The van der Waals surface area contributed by atoms with Gasteiger partial charge in [0.2, 0.25) is 11.8 Å². The van der Waals surface area contributed by atoms with E-state index in [1.807, 2.05) is 0 Å². The van der Waals surface area contributed by atoms with Crippen LogP contribution in [0.3, 0.4) is 0 Å². The maximum Gasteiger partial charge on any atom is 0.437 e. The van der Waals surface area contributed by atoms with Crippen molar-refractivity contribution in [2.24, 2.45) is 0 Å². The number of non-ortho nitro benzene ring substituents is 1. The van der Waals surface area contributed by atoms with Gasteiger partial charge < -0.3 is 9.32 Å². The van der Waals surface area contributed by atoms with E-state index in [-0.39, 0.29) is 18.1 Å². The molecule has 1 amide bonds. The summed E-state index contributed by atoms with van der Waals surface area (Å²) in [5.74, 6) is -1.74. The third-order valence-corrected chi connectivity index (χ3v) is 4.52. The van der Waals surface area contributed by atoms with Gasteiger partial charge >= 0.3 is 5.76 Å². The van der Waals surface area contributed by atoms with Crippen molar-refractivity contribution in [2.45, 2.75) is 19.5 Å². The zero-order valence-electron chi connectivity index (χ0n) is 15.6. The highest BCUT2D eigenvalue weighted by atomic mass is 19.1. The first-order chi connectivity index (χ1) is 13.8. The topological polar surface area (TPSA) is 111 Å². The van der Waals surface area contributed by atoms with E-state index in [0.717, 1.165) is 4.68 Å². The summed E-state index contributed by atoms with van der Waals surface area (Å²) in [6.45, 7) is 1.34. The second kappa shape index (κ2) is 8.05. The SMILES string of the molecule is C[C@H](c1cccc([N+](=O)[O-])c1)N(C)C(=O)Cn1nc(-c2ccc(F)cc2)oc1=O. The number of aromatic nitrogens is 2. The van der Waals surface area contributed by atoms with E-state index >= 15 is 0 Å². The van der Waals surface area contributed by atoms with E-state index in [2.05, 4.69) is 5.10 Å². The number of amides is 1. The van der Waals surface area contributed by atoms with Crippen LogP contribution in [-0.2, 0) is 11.3 Å². The lowest BCUT2D eigenvalue weighted by Crippen LogP contribution is -2.35. The largest absolute Gasteiger partial charge is 0.437 e. The number of benzene rings is 2. The molecular formula is C19H17FN4O5. The second-order valence-electron chi connectivity index (χ2n) is 6.37. The molecule has 0 bridgehead atoms. The predicted octanol–water partition coefficient (Wildman–Crippen LogP) is 2.77. The third-order valence-electron chi connectivity index (χ3n) is 4.52. The molecule has 0 aliphatic rings. The van der Waals surface area contributed by atoms with Crippen molar-refractivity contribution >= 4 is 11.6 Å². The number of hydrogen-bond donors (Lipinski definition) is 0. The highest BCUT2D eigenvalue weighted by Gasteiger charge is 2.21. The summed E-state index contributed by atoms with van der Waals surface area (Å²) in [4.78, 5) is 36.4. The number of carbonyl (C=O) groups is 1. The summed E-state index contributed by atoms with van der Waals surface area (Å²) < 4.78 is 18.9. The molecule has 10 heteroatoms. The molecular weight excluding hydrogens is 383 g/mol. The van der Waals surface area contributed by atoms with Crippen LogP contribution in [0.1, 0.15) is 18.5 Å². The third kappa shape index (κ3) is 4.37. The first-order valence-corrected chi connectivity index (χ1v) is 8.60. The molecule has 1 aromatic heterocycles. The van der Waals surface area contributed by atoms with E-state index in [1.165, 1.54) is 48.3 Å². The molecule has 29 heavy (non-hydrogen) atoms. The van der Waals surface area contributed by atoms with Gasteiger partial charge in [-0.1, -0.05) is 12.1 Å². The molecule has 0 aliphatic heterocycles. The van der Waals surface area contributed by atoms with Gasteiger partial charge in [-0.05, 0) is 36.8 Å². The van der Waals surface area contributed by atoms with Crippen LogP contribution in [-0.4, -0.2) is 32.6 Å². The molecule has 0 unspecified atom stereocenters. The molecule has 3 aromatic rings. The lowest BCUT2D eigenvalue weighted by molar-refractivity contribution is -0.384. The molecule has 0 saturated heterocycles. The summed E-state index contributed by atoms with van der Waals surface area (Å²) in [5.41, 5.74) is 0.898. The van der Waals surface area contributed by atoms with Crippen molar-refractivity contribution in [3.8, 4) is 11.5 Å². The van der Waals surface area contributed by atoms with Gasteiger partial charge in [0.25, 0.3) is 5.69 Å². The molecule has 1 heterocycles. The Bertz CT molecular complexity index is 1110. The zero-order valence-corrected chi connectivity index (χ0v) is 15.6. The molecule has 1 atom stereocenters. The number of nitrogens with zero attached hydrogens (tertiary/aromatic N) is 4. The van der Waals surface area contributed by atoms with Crippen LogP contribution in [0, 0.1) is 15.9 Å². The minimum Gasteiger partial charge on any atom is -0.388 e. The van der Waals surface area contributed by atoms with Gasteiger partial charge in [-0.2, -0.15) is 4.68 Å². The Kier molecular flexibility index (Phi) is 5.53. The van der Waals surface area contributed by atoms with E-state index in [0.29, 0.717) is 11.1 Å². The van der Waals surface area contributed by atoms with Crippen molar-refractivity contribution in [2.75, 3.05) is 7.05 Å². The lowest BCUT2D eigenvalue weighted by atomic mass is 10.1. The number of halogens is 1. The maximum absolute atomic E-state index is 13.0. The van der Waals surface area contributed by atoms with E-state index in [4.69, 9.17) is 4.42 Å². The molecule has 3 rings (SSSR count). The number of rotatable bonds is 6. The van der Waals surface area contributed by atoms with Gasteiger partial charge in [0.05, 0.1) is 11.0 Å². The van der Waals surface area contributed by atoms with Crippen molar-refractivity contribution < 1.29 is 18.5 Å². The van der Waals surface area contributed by atoms with Crippen molar-refractivity contribution in [3.05, 3.63) is 80.6 Å². The number of nitro benzene ring substituents is 1. The lowest BCUT2D eigenvalue weighted by Gasteiger charge is -2.25. The maximum atomic E-state index is 13.0. The Balaban J connectivity index is 1.76. The van der Waals surface area contributed by atoms with Crippen LogP contribution >= 0.6 is 0 Å². The summed E-state index contributed by atoms with van der Waals surface area (Å²) >= 11 is 0. The molecule has 150 valence electrons. The standard InChI is InChI=1S/C19H17FN4O5/c1-12(14-4-3-5-16(10-14)24(27)28)22(2)17(25)11-23-19(26)29-18(21-23)13-6-8-15(20)9-7-13/h3-10,12H,11H2,1-2H3/t12-/m1/s1. The fourth-order valence-electron chi connectivity index (χ4n) is 2.69. The zero-order chi connectivity index (χ0) is 21.1. The van der Waals surface area contributed by atoms with Crippen molar-refractivity contribution in [3.63, 3.8) is 0 Å². The van der Waals surface area contributed by atoms with Gasteiger partial charge in [-0.15, -0.1) is 5.10 Å². The quantitative estimate of drug-likeness (QED) is 0.465. The molecule has 9 nitrogen and oxygen atoms in total. The Labute approximate surface area is 164 Å². The first-order valence-electron chi connectivity index (χ1n) is 8.60. The van der Waals surface area contributed by atoms with E-state index in [9.17, 15) is 24.1 Å². The van der Waals surface area contributed by atoms with E-state index in [1.54, 1.807) is 19.1 Å². The fraction of sp³-hybridized carbons (Fsp3) is 0.211. The molecule has 2 aromatic carbocycles. The molecule has 0 N–H and O–H groups in total. The normalized spacial score (nSPS) is 11.8. The summed E-state index contributed by atoms with van der Waals surface area (Å²) in [7, 11) is 1.53. The van der Waals surface area contributed by atoms with Crippen LogP contribution in [0.5, 0.6) is 0 Å². The number of nitro groups is 1. The van der Waals surface area contributed by atoms with Gasteiger partial charge in [0.1, 0.15) is 12.4 Å². The minimum atomic E-state index is -0.825. The van der Waals surface area contributed by atoms with Crippen LogP contribution in [0.2, 0.25) is 0 Å². The average Bonchev–Trinajstić information content (AvgIpc) is 3.07. The number of carbonyl (C=O) groups excluding carboxylic acids is 1. The van der Waals surface area contributed by atoms with Gasteiger partial charge in [0, 0.05) is 24.7 Å². The Morgan fingerprint density at radius 2 is 2.00 bits per heavy atom. The van der Waals surface area contributed by atoms with Crippen LogP contribution in [0.25, 0.3) is 11.5 Å².